The van der Waals surface area contributed by atoms with Crippen LogP contribution in [0.4, 0.5) is 26.3 Å². The molecule has 1 unspecified atom stereocenters. The smallest absolute Gasteiger partial charge is 0.341 e. The van der Waals surface area contributed by atoms with E-state index >= 15 is 0 Å². The molecule has 0 bridgehead atoms. The number of alkyl halides is 7. The van der Waals surface area contributed by atoms with Crippen LogP contribution in [0.25, 0.3) is 0 Å². The van der Waals surface area contributed by atoms with Crippen molar-refractivity contribution >= 4 is 21.8 Å². The van der Waals surface area contributed by atoms with Gasteiger partial charge in [-0.1, -0.05) is 15.9 Å². The molecule has 2 nitrogen and oxygen atoms in total. The van der Waals surface area contributed by atoms with Crippen molar-refractivity contribution in [2.75, 3.05) is 12.4 Å². The lowest BCUT2D eigenvalue weighted by molar-refractivity contribution is -0.277. The highest BCUT2D eigenvalue weighted by molar-refractivity contribution is 9.09. The Bertz CT molecular complexity index is 262. The second-order valence-corrected chi connectivity index (χ2v) is 4.12. The number of rotatable bonds is 3. The highest BCUT2D eigenvalue weighted by Gasteiger charge is 2.61. The van der Waals surface area contributed by atoms with Gasteiger partial charge in [0.15, 0.2) is 0 Å². The molecule has 0 aromatic rings. The average Bonchev–Trinajstić information content (AvgIpc) is 2.10. The fourth-order valence-corrected chi connectivity index (χ4v) is 1.42. The number of carbonyl (C=O) groups excluding carboxylic acids is 1. The van der Waals surface area contributed by atoms with Gasteiger partial charge in [-0.3, -0.25) is 4.79 Å². The Morgan fingerprint density at radius 2 is 1.53 bits per heavy atom. The second-order valence-electron chi connectivity index (χ2n) is 3.47. The summed E-state index contributed by atoms with van der Waals surface area (Å²) in [7, 11) is 0.902. The Balaban J connectivity index is 5.17. The highest BCUT2D eigenvalue weighted by Crippen LogP contribution is 2.40. The Hall–Kier alpha value is -0.470. The number of hydrogen-bond acceptors (Lipinski definition) is 1. The lowest BCUT2D eigenvalue weighted by Crippen LogP contribution is -2.50. The molecule has 0 rings (SSSR count). The van der Waals surface area contributed by atoms with Crippen molar-refractivity contribution in [2.45, 2.75) is 25.3 Å². The van der Waals surface area contributed by atoms with Crippen molar-refractivity contribution in [2.24, 2.45) is 5.92 Å². The molecule has 0 fully saturated rings. The minimum absolute atomic E-state index is 0.0810. The van der Waals surface area contributed by atoms with Gasteiger partial charge in [-0.2, -0.15) is 26.3 Å². The quantitative estimate of drug-likeness (QED) is 0.576. The first kappa shape index (κ1) is 16.5. The van der Waals surface area contributed by atoms with Crippen molar-refractivity contribution in [3.8, 4) is 0 Å². The topological polar surface area (TPSA) is 20.3 Å². The van der Waals surface area contributed by atoms with Crippen LogP contribution < -0.4 is 0 Å². The summed E-state index contributed by atoms with van der Waals surface area (Å²) in [5, 5.41) is 0.0810. The van der Waals surface area contributed by atoms with Crippen LogP contribution in [-0.4, -0.2) is 41.6 Å². The van der Waals surface area contributed by atoms with Gasteiger partial charge >= 0.3 is 12.4 Å². The van der Waals surface area contributed by atoms with E-state index in [2.05, 4.69) is 15.9 Å². The molecule has 102 valence electrons. The van der Waals surface area contributed by atoms with Gasteiger partial charge < -0.3 is 4.90 Å². The van der Waals surface area contributed by atoms with Gasteiger partial charge in [0, 0.05) is 18.4 Å². The van der Waals surface area contributed by atoms with Crippen LogP contribution in [0.1, 0.15) is 6.92 Å². The Morgan fingerprint density at radius 1 is 1.18 bits per heavy atom. The Kier molecular flexibility index (Phi) is 5.30. The first-order valence-electron chi connectivity index (χ1n) is 4.39. The molecule has 9 heteroatoms. The van der Waals surface area contributed by atoms with Gasteiger partial charge in [0.25, 0.3) is 0 Å². The molecule has 1 atom stereocenters. The molecule has 0 saturated carbocycles. The monoisotopic (exact) mass is 329 g/mol. The van der Waals surface area contributed by atoms with E-state index in [0.29, 0.717) is 4.90 Å². The molecule has 0 aromatic heterocycles. The molecule has 0 N–H and O–H groups in total. The third-order valence-corrected chi connectivity index (χ3v) is 3.07. The van der Waals surface area contributed by atoms with E-state index in [-0.39, 0.29) is 5.33 Å². The minimum Gasteiger partial charge on any atom is -0.341 e. The molecule has 0 heterocycles. The summed E-state index contributed by atoms with van der Waals surface area (Å²) >= 11 is 2.88. The van der Waals surface area contributed by atoms with Crippen LogP contribution in [0.15, 0.2) is 0 Å². The zero-order valence-corrected chi connectivity index (χ0v) is 10.4. The van der Waals surface area contributed by atoms with Crippen LogP contribution in [0.3, 0.4) is 0 Å². The normalized spacial score (nSPS) is 14.9. The molecule has 0 aliphatic rings. The predicted octanol–water partition coefficient (Wildman–Crippen LogP) is 2.97. The van der Waals surface area contributed by atoms with Gasteiger partial charge in [-0.15, -0.1) is 0 Å². The standard InChI is InChI=1S/C8H10BrF6NO/c1-4(3-9)16(2)6(17)5(7(10,11)12)8(13,14)15/h4-5H,3H2,1-2H3. The molecule has 0 radical (unpaired) electrons. The first-order chi connectivity index (χ1) is 7.42. The average molecular weight is 330 g/mol. The second kappa shape index (κ2) is 5.45. The van der Waals surface area contributed by atoms with E-state index in [1.165, 1.54) is 6.92 Å². The fourth-order valence-electron chi connectivity index (χ4n) is 0.990. The number of halogens is 7. The number of amides is 1. The van der Waals surface area contributed by atoms with Gasteiger partial charge in [0.05, 0.1) is 0 Å². The van der Waals surface area contributed by atoms with E-state index in [9.17, 15) is 31.1 Å². The molecule has 1 amide bonds. The van der Waals surface area contributed by atoms with Gasteiger partial charge in [0.1, 0.15) is 0 Å². The zero-order valence-electron chi connectivity index (χ0n) is 8.86. The van der Waals surface area contributed by atoms with Gasteiger partial charge in [-0.25, -0.2) is 0 Å². The van der Waals surface area contributed by atoms with Crippen molar-refractivity contribution < 1.29 is 31.1 Å². The number of carbonyl (C=O) groups is 1. The Labute approximate surface area is 102 Å². The molecule has 0 aliphatic carbocycles. The summed E-state index contributed by atoms with van der Waals surface area (Å²) in [5.41, 5.74) is 0. The van der Waals surface area contributed by atoms with Crippen molar-refractivity contribution in [1.82, 2.24) is 4.90 Å². The maximum atomic E-state index is 12.2. The van der Waals surface area contributed by atoms with E-state index in [1.807, 2.05) is 0 Å². The molecule has 17 heavy (non-hydrogen) atoms. The summed E-state index contributed by atoms with van der Waals surface area (Å²) in [6, 6.07) is -0.769. The largest absolute Gasteiger partial charge is 0.409 e. The Morgan fingerprint density at radius 3 is 1.76 bits per heavy atom. The predicted molar refractivity (Wildman–Crippen MR) is 51.6 cm³/mol. The van der Waals surface area contributed by atoms with E-state index in [1.54, 1.807) is 0 Å². The highest BCUT2D eigenvalue weighted by atomic mass is 79.9. The van der Waals surface area contributed by atoms with Crippen LogP contribution in [-0.2, 0) is 4.79 Å². The van der Waals surface area contributed by atoms with E-state index in [4.69, 9.17) is 0 Å². The molecule has 0 aromatic carbocycles. The lowest BCUT2D eigenvalue weighted by Gasteiger charge is -2.30. The molecular weight excluding hydrogens is 320 g/mol. The lowest BCUT2D eigenvalue weighted by atomic mass is 10.1. The summed E-state index contributed by atoms with van der Waals surface area (Å²) in [6.45, 7) is 1.33. The third kappa shape index (κ3) is 4.36. The maximum Gasteiger partial charge on any atom is 0.409 e. The fraction of sp³-hybridized carbons (Fsp3) is 0.875. The minimum atomic E-state index is -5.64. The summed E-state index contributed by atoms with van der Waals surface area (Å²) in [6.07, 6.45) is -11.3. The maximum absolute atomic E-state index is 12.2. The summed E-state index contributed by atoms with van der Waals surface area (Å²) in [4.78, 5) is 11.6. The SMILES string of the molecule is CC(CBr)N(C)C(=O)C(C(F)(F)F)C(F)(F)F. The molecule has 0 saturated heterocycles. The summed E-state index contributed by atoms with van der Waals surface area (Å²) in [5.74, 6) is -5.97. The first-order valence-corrected chi connectivity index (χ1v) is 5.51. The van der Waals surface area contributed by atoms with E-state index in [0.717, 1.165) is 7.05 Å². The molecular formula is C8H10BrF6NO. The molecule has 0 aliphatic heterocycles. The zero-order chi connectivity index (χ0) is 14.0. The van der Waals surface area contributed by atoms with Crippen molar-refractivity contribution in [3.63, 3.8) is 0 Å². The van der Waals surface area contributed by atoms with Crippen LogP contribution >= 0.6 is 15.9 Å². The van der Waals surface area contributed by atoms with Gasteiger partial charge in [0.2, 0.25) is 11.8 Å². The van der Waals surface area contributed by atoms with Crippen LogP contribution in [0.2, 0.25) is 0 Å². The van der Waals surface area contributed by atoms with E-state index < -0.39 is 30.2 Å². The summed E-state index contributed by atoms with van der Waals surface area (Å²) < 4.78 is 73.3. The molecule has 0 spiro atoms. The number of nitrogens with zero attached hydrogens (tertiary/aromatic N) is 1. The van der Waals surface area contributed by atoms with Crippen LogP contribution in [0.5, 0.6) is 0 Å². The third-order valence-electron chi connectivity index (χ3n) is 2.13. The van der Waals surface area contributed by atoms with Gasteiger partial charge in [-0.05, 0) is 6.92 Å². The number of hydrogen-bond donors (Lipinski definition) is 0. The van der Waals surface area contributed by atoms with Crippen molar-refractivity contribution in [3.05, 3.63) is 0 Å². The van der Waals surface area contributed by atoms with Crippen LogP contribution in [0, 0.1) is 5.92 Å². The van der Waals surface area contributed by atoms with Crippen molar-refractivity contribution in [1.29, 1.82) is 0 Å².